The van der Waals surface area contributed by atoms with Crippen molar-refractivity contribution in [3.05, 3.63) is 70.7 Å². The average molecular weight is 378 g/mol. The summed E-state index contributed by atoms with van der Waals surface area (Å²) in [5.74, 6) is -1.38. The summed E-state index contributed by atoms with van der Waals surface area (Å²) in [6.45, 7) is 0. The highest BCUT2D eigenvalue weighted by molar-refractivity contribution is 6.07. The first-order chi connectivity index (χ1) is 13.5. The molecule has 2 heterocycles. The van der Waals surface area contributed by atoms with Gasteiger partial charge in [-0.05, 0) is 23.8 Å². The van der Waals surface area contributed by atoms with Gasteiger partial charge >= 0.3 is 11.9 Å². The lowest BCUT2D eigenvalue weighted by atomic mass is 9.78. The molecule has 6 nitrogen and oxygen atoms in total. The molecule has 6 heteroatoms. The summed E-state index contributed by atoms with van der Waals surface area (Å²) in [6.07, 6.45) is 2.27. The van der Waals surface area contributed by atoms with Gasteiger partial charge in [0, 0.05) is 49.4 Å². The molecule has 144 valence electrons. The van der Waals surface area contributed by atoms with Crippen molar-refractivity contribution < 1.29 is 19.1 Å². The molecule has 4 rings (SSSR count). The number of nitrogens with zero attached hydrogens (tertiary/aromatic N) is 2. The predicted molar refractivity (Wildman–Crippen MR) is 106 cm³/mol. The van der Waals surface area contributed by atoms with Crippen LogP contribution >= 0.6 is 0 Å². The molecule has 0 N–H and O–H groups in total. The van der Waals surface area contributed by atoms with Gasteiger partial charge in [-0.15, -0.1) is 0 Å². The van der Waals surface area contributed by atoms with Gasteiger partial charge in [-0.3, -0.25) is 0 Å². The molecule has 2 aliphatic rings. The van der Waals surface area contributed by atoms with Crippen molar-refractivity contribution >= 4 is 23.2 Å². The molecule has 0 bridgehead atoms. The third kappa shape index (κ3) is 2.48. The number of aromatic nitrogens is 1. The van der Waals surface area contributed by atoms with Crippen molar-refractivity contribution in [2.24, 2.45) is 7.05 Å². The lowest BCUT2D eigenvalue weighted by Crippen LogP contribution is -2.27. The highest BCUT2D eigenvalue weighted by Gasteiger charge is 2.45. The van der Waals surface area contributed by atoms with Crippen LogP contribution in [-0.4, -0.2) is 37.8 Å². The Hall–Kier alpha value is -3.28. The van der Waals surface area contributed by atoms with Crippen molar-refractivity contribution in [3.8, 4) is 0 Å². The molecular formula is C22H22N2O4. The minimum atomic E-state index is -0.502. The number of methoxy groups -OCH3 is 2. The number of para-hydroxylation sites is 1. The van der Waals surface area contributed by atoms with E-state index < -0.39 is 11.9 Å². The highest BCUT2D eigenvalue weighted by Crippen LogP contribution is 2.54. The lowest BCUT2D eigenvalue weighted by Gasteiger charge is -2.30. The van der Waals surface area contributed by atoms with E-state index in [1.54, 1.807) is 0 Å². The van der Waals surface area contributed by atoms with Crippen molar-refractivity contribution in [1.82, 2.24) is 4.57 Å². The summed E-state index contributed by atoms with van der Waals surface area (Å²) in [4.78, 5) is 27.5. The number of fused-ring (bicyclic) bond motifs is 3. The Morgan fingerprint density at radius 2 is 1.71 bits per heavy atom. The Labute approximate surface area is 163 Å². The maximum absolute atomic E-state index is 12.8. The molecule has 1 aliphatic carbocycles. The quantitative estimate of drug-likeness (QED) is 0.769. The number of likely N-dealkylation sites (N-methyl/N-ethyl adjacent to an activating group) is 1. The number of anilines is 1. The minimum Gasteiger partial charge on any atom is -0.466 e. The molecule has 0 amide bonds. The standard InChI is InChI=1S/C22H22N2O4/c1-23-11-7-10-16(23)14-12-15(21(25)27-3)19(22(26)28-4)18-13-8-5-6-9-17(13)24(2)20(14)18/h5-11,18H,12H2,1-4H3/t18-/m1/s1. The molecule has 1 aromatic carbocycles. The maximum atomic E-state index is 12.8. The maximum Gasteiger partial charge on any atom is 0.335 e. The molecule has 0 spiro atoms. The fourth-order valence-electron chi connectivity index (χ4n) is 4.37. The summed E-state index contributed by atoms with van der Waals surface area (Å²) in [6, 6.07) is 11.9. The normalized spacial score (nSPS) is 18.1. The van der Waals surface area contributed by atoms with E-state index >= 15 is 0 Å². The Bertz CT molecular complexity index is 1040. The van der Waals surface area contributed by atoms with Crippen molar-refractivity contribution in [1.29, 1.82) is 0 Å². The topological polar surface area (TPSA) is 60.8 Å². The third-order valence-electron chi connectivity index (χ3n) is 5.61. The van der Waals surface area contributed by atoms with Crippen LogP contribution in [0.5, 0.6) is 0 Å². The van der Waals surface area contributed by atoms with Crippen LogP contribution in [-0.2, 0) is 26.1 Å². The Morgan fingerprint density at radius 3 is 2.36 bits per heavy atom. The van der Waals surface area contributed by atoms with E-state index in [4.69, 9.17) is 9.47 Å². The zero-order chi connectivity index (χ0) is 20.0. The van der Waals surface area contributed by atoms with Gasteiger partial charge in [0.25, 0.3) is 0 Å². The van der Waals surface area contributed by atoms with Crippen molar-refractivity contribution in [2.45, 2.75) is 12.3 Å². The highest BCUT2D eigenvalue weighted by atomic mass is 16.5. The third-order valence-corrected chi connectivity index (χ3v) is 5.61. The number of allylic oxidation sites excluding steroid dienone is 2. The van der Waals surface area contributed by atoms with Crippen LogP contribution in [0.2, 0.25) is 0 Å². The molecule has 1 aliphatic heterocycles. The van der Waals surface area contributed by atoms with E-state index in [0.29, 0.717) is 17.6 Å². The smallest absolute Gasteiger partial charge is 0.335 e. The van der Waals surface area contributed by atoms with E-state index in [-0.39, 0.29) is 5.92 Å². The van der Waals surface area contributed by atoms with Crippen LogP contribution in [0.3, 0.4) is 0 Å². The molecule has 1 atom stereocenters. The van der Waals surface area contributed by atoms with E-state index in [2.05, 4.69) is 4.90 Å². The first-order valence-corrected chi connectivity index (χ1v) is 9.06. The number of carbonyl (C=O) groups is 2. The lowest BCUT2D eigenvalue weighted by molar-refractivity contribution is -0.139. The number of esters is 2. The van der Waals surface area contributed by atoms with Crippen LogP contribution in [0.15, 0.2) is 59.4 Å². The summed E-state index contributed by atoms with van der Waals surface area (Å²) in [5, 5.41) is 0. The fourth-order valence-corrected chi connectivity index (χ4v) is 4.37. The predicted octanol–water partition coefficient (Wildman–Crippen LogP) is 3.02. The Kier molecular flexibility index (Phi) is 4.34. The second kappa shape index (κ2) is 6.71. The Balaban J connectivity index is 2.04. The van der Waals surface area contributed by atoms with E-state index in [0.717, 1.165) is 28.2 Å². The van der Waals surface area contributed by atoms with Crippen LogP contribution in [0.25, 0.3) is 5.57 Å². The molecule has 0 saturated heterocycles. The minimum absolute atomic E-state index is 0.305. The van der Waals surface area contributed by atoms with E-state index in [9.17, 15) is 9.59 Å². The monoisotopic (exact) mass is 378 g/mol. The van der Waals surface area contributed by atoms with Gasteiger partial charge in [0.15, 0.2) is 0 Å². The largest absolute Gasteiger partial charge is 0.466 e. The summed E-state index contributed by atoms with van der Waals surface area (Å²) in [7, 11) is 6.64. The Morgan fingerprint density at radius 1 is 1.00 bits per heavy atom. The zero-order valence-corrected chi connectivity index (χ0v) is 16.4. The van der Waals surface area contributed by atoms with Crippen LogP contribution in [0.4, 0.5) is 5.69 Å². The SMILES string of the molecule is COC(=O)C1=C(C(=O)OC)[C@@H]2C(=C(c3cccn3C)C1)N(C)c1ccccc12. The van der Waals surface area contributed by atoms with Crippen LogP contribution < -0.4 is 4.90 Å². The first kappa shape index (κ1) is 18.1. The molecule has 0 fully saturated rings. The van der Waals surface area contributed by atoms with Gasteiger partial charge in [-0.2, -0.15) is 0 Å². The number of aryl methyl sites for hydroxylation is 1. The number of benzene rings is 1. The molecule has 2 aromatic rings. The number of hydrogen-bond donors (Lipinski definition) is 0. The van der Waals surface area contributed by atoms with Gasteiger partial charge < -0.3 is 18.9 Å². The molecule has 28 heavy (non-hydrogen) atoms. The molecule has 0 saturated carbocycles. The van der Waals surface area contributed by atoms with Gasteiger partial charge in [0.1, 0.15) is 0 Å². The van der Waals surface area contributed by atoms with Gasteiger partial charge in [-0.25, -0.2) is 9.59 Å². The molecular weight excluding hydrogens is 356 g/mol. The van der Waals surface area contributed by atoms with Gasteiger partial charge in [-0.1, -0.05) is 18.2 Å². The summed E-state index contributed by atoms with van der Waals surface area (Å²) < 4.78 is 12.1. The number of hydrogen-bond acceptors (Lipinski definition) is 5. The first-order valence-electron chi connectivity index (χ1n) is 9.06. The molecule has 0 radical (unpaired) electrons. The van der Waals surface area contributed by atoms with Crippen molar-refractivity contribution in [3.63, 3.8) is 0 Å². The molecule has 0 unspecified atom stereocenters. The number of ether oxygens (including phenoxy) is 2. The number of carbonyl (C=O) groups excluding carboxylic acids is 2. The second-order valence-electron chi connectivity index (χ2n) is 6.97. The van der Waals surface area contributed by atoms with Crippen LogP contribution in [0.1, 0.15) is 23.6 Å². The van der Waals surface area contributed by atoms with E-state index in [1.807, 2.05) is 61.3 Å². The van der Waals surface area contributed by atoms with E-state index in [1.165, 1.54) is 14.2 Å². The van der Waals surface area contributed by atoms with Crippen molar-refractivity contribution in [2.75, 3.05) is 26.2 Å². The van der Waals surface area contributed by atoms with Gasteiger partial charge in [0.2, 0.25) is 0 Å². The summed E-state index contributed by atoms with van der Waals surface area (Å²) >= 11 is 0. The number of rotatable bonds is 3. The zero-order valence-electron chi connectivity index (χ0n) is 16.4. The fraction of sp³-hybridized carbons (Fsp3) is 0.273. The van der Waals surface area contributed by atoms with Crippen LogP contribution in [0, 0.1) is 0 Å². The van der Waals surface area contributed by atoms with Gasteiger partial charge in [0.05, 0.1) is 31.3 Å². The average Bonchev–Trinajstić information content (AvgIpc) is 3.28. The molecule has 1 aromatic heterocycles. The summed E-state index contributed by atoms with van der Waals surface area (Å²) in [5.41, 5.74) is 5.71. The second-order valence-corrected chi connectivity index (χ2v) is 6.97.